The van der Waals surface area contributed by atoms with Crippen LogP contribution in [0.4, 0.5) is 4.39 Å². The normalized spacial score (nSPS) is 24.8. The highest BCUT2D eigenvalue weighted by atomic mass is 32.2. The van der Waals surface area contributed by atoms with E-state index in [1.54, 1.807) is 6.07 Å². The predicted octanol–water partition coefficient (Wildman–Crippen LogP) is 3.06. The van der Waals surface area contributed by atoms with Crippen molar-refractivity contribution in [1.29, 1.82) is 0 Å². The van der Waals surface area contributed by atoms with Gasteiger partial charge in [0.15, 0.2) is 0 Å². The quantitative estimate of drug-likeness (QED) is 0.714. The second kappa shape index (κ2) is 8.47. The van der Waals surface area contributed by atoms with Gasteiger partial charge in [-0.2, -0.15) is 0 Å². The topological polar surface area (TPSA) is 41.5 Å². The maximum Gasteiger partial charge on any atom is 0.129 e. The van der Waals surface area contributed by atoms with E-state index in [9.17, 15) is 4.39 Å². The molecule has 0 bridgehead atoms. The Morgan fingerprint density at radius 1 is 1.30 bits per heavy atom. The Morgan fingerprint density at radius 2 is 2.13 bits per heavy atom. The third-order valence-corrected chi connectivity index (χ3v) is 5.91. The average molecular weight is 339 g/mol. The summed E-state index contributed by atoms with van der Waals surface area (Å²) in [5.41, 5.74) is 0.623. The third-order valence-electron chi connectivity index (χ3n) is 4.94. The van der Waals surface area contributed by atoms with Crippen LogP contribution in [-0.4, -0.2) is 37.2 Å². The van der Waals surface area contributed by atoms with Crippen LogP contribution in [0.15, 0.2) is 23.1 Å². The summed E-state index contributed by atoms with van der Waals surface area (Å²) in [6.07, 6.45) is 3.87. The molecule has 2 aliphatic rings. The number of benzene rings is 1. The first-order valence-electron chi connectivity index (χ1n) is 8.58. The Kier molecular flexibility index (Phi) is 6.34. The number of halogens is 1. The van der Waals surface area contributed by atoms with Crippen molar-refractivity contribution in [3.05, 3.63) is 29.6 Å². The lowest BCUT2D eigenvalue weighted by atomic mass is 9.92. The van der Waals surface area contributed by atoms with Gasteiger partial charge in [0.1, 0.15) is 5.82 Å². The zero-order valence-corrected chi connectivity index (χ0v) is 14.3. The molecule has 128 valence electrons. The zero-order valence-electron chi connectivity index (χ0n) is 13.5. The lowest BCUT2D eigenvalue weighted by Gasteiger charge is -2.22. The van der Waals surface area contributed by atoms with Crippen LogP contribution >= 0.6 is 11.8 Å². The molecule has 0 spiro atoms. The van der Waals surface area contributed by atoms with Gasteiger partial charge in [0.05, 0.1) is 19.8 Å². The summed E-state index contributed by atoms with van der Waals surface area (Å²) < 4.78 is 19.8. The fourth-order valence-corrected chi connectivity index (χ4v) is 4.21. The highest BCUT2D eigenvalue weighted by molar-refractivity contribution is 7.99. The van der Waals surface area contributed by atoms with Crippen molar-refractivity contribution in [2.45, 2.75) is 30.8 Å². The van der Waals surface area contributed by atoms with Gasteiger partial charge in [-0.05, 0) is 62.2 Å². The number of nitrogens with one attached hydrogen (secondary N) is 1. The van der Waals surface area contributed by atoms with Crippen LogP contribution in [0, 0.1) is 23.6 Å². The molecule has 3 nitrogen and oxygen atoms in total. The lowest BCUT2D eigenvalue weighted by Crippen LogP contribution is -2.29. The molecule has 1 saturated carbocycles. The van der Waals surface area contributed by atoms with Gasteiger partial charge in [0, 0.05) is 16.2 Å². The molecule has 5 heteroatoms. The summed E-state index contributed by atoms with van der Waals surface area (Å²) in [6, 6.07) is 5.23. The molecule has 1 aromatic carbocycles. The molecule has 3 rings (SSSR count). The van der Waals surface area contributed by atoms with Crippen LogP contribution in [0.5, 0.6) is 0 Å². The highest BCUT2D eigenvalue weighted by Crippen LogP contribution is 2.47. The molecule has 2 unspecified atom stereocenters. The molecular weight excluding hydrogens is 313 g/mol. The van der Waals surface area contributed by atoms with Gasteiger partial charge in [0.2, 0.25) is 0 Å². The van der Waals surface area contributed by atoms with Gasteiger partial charge in [-0.15, -0.1) is 11.8 Å². The van der Waals surface area contributed by atoms with Crippen molar-refractivity contribution >= 4 is 11.8 Å². The van der Waals surface area contributed by atoms with E-state index in [-0.39, 0.29) is 12.4 Å². The Hall–Kier alpha value is -0.620. The standard InChI is InChI=1S/C18H26FNO2S/c19-18-10-16(23-8-7-21)2-1-14(18)11-22-12-15-9-17(15)13-3-5-20-6-4-13/h1-2,10,13,15,17,20-21H,3-9,11-12H2. The number of hydrogen-bond donors (Lipinski definition) is 2. The second-order valence-electron chi connectivity index (χ2n) is 6.59. The van der Waals surface area contributed by atoms with Crippen LogP contribution in [0.3, 0.4) is 0 Å². The molecule has 0 aromatic heterocycles. The fourth-order valence-electron chi connectivity index (χ4n) is 3.53. The van der Waals surface area contributed by atoms with Gasteiger partial charge in [-0.1, -0.05) is 6.07 Å². The van der Waals surface area contributed by atoms with Crippen molar-refractivity contribution in [1.82, 2.24) is 5.32 Å². The molecule has 2 atom stereocenters. The van der Waals surface area contributed by atoms with Crippen LogP contribution in [-0.2, 0) is 11.3 Å². The molecule has 1 aliphatic carbocycles. The first-order valence-corrected chi connectivity index (χ1v) is 9.57. The summed E-state index contributed by atoms with van der Waals surface area (Å²) in [6.45, 7) is 3.53. The third kappa shape index (κ3) is 4.92. The summed E-state index contributed by atoms with van der Waals surface area (Å²) >= 11 is 1.46. The van der Waals surface area contributed by atoms with E-state index in [1.807, 2.05) is 6.07 Å². The molecular formula is C18H26FNO2S. The maximum absolute atomic E-state index is 14.0. The summed E-state index contributed by atoms with van der Waals surface area (Å²) in [7, 11) is 0. The molecule has 1 aromatic rings. The van der Waals surface area contributed by atoms with Crippen molar-refractivity contribution in [2.24, 2.45) is 17.8 Å². The number of piperidine rings is 1. The number of rotatable bonds is 8. The number of ether oxygens (including phenoxy) is 1. The predicted molar refractivity (Wildman–Crippen MR) is 91.1 cm³/mol. The van der Waals surface area contributed by atoms with E-state index in [2.05, 4.69) is 5.32 Å². The molecule has 1 aliphatic heterocycles. The van der Waals surface area contributed by atoms with Crippen LogP contribution in [0.25, 0.3) is 0 Å². The SMILES string of the molecule is OCCSc1ccc(COCC2CC2C2CCNCC2)c(F)c1. The smallest absolute Gasteiger partial charge is 0.129 e. The average Bonchev–Trinajstić information content (AvgIpc) is 3.35. The minimum Gasteiger partial charge on any atom is -0.396 e. The summed E-state index contributed by atoms with van der Waals surface area (Å²) in [5.74, 6) is 2.76. The Balaban J connectivity index is 1.39. The van der Waals surface area contributed by atoms with Crippen molar-refractivity contribution in [2.75, 3.05) is 32.1 Å². The van der Waals surface area contributed by atoms with Gasteiger partial charge in [0.25, 0.3) is 0 Å². The zero-order chi connectivity index (χ0) is 16.1. The summed E-state index contributed by atoms with van der Waals surface area (Å²) in [4.78, 5) is 0.855. The van der Waals surface area contributed by atoms with Gasteiger partial charge in [-0.3, -0.25) is 0 Å². The Bertz CT molecular complexity index is 508. The number of aliphatic hydroxyl groups is 1. The number of aliphatic hydroxyl groups excluding tert-OH is 1. The highest BCUT2D eigenvalue weighted by Gasteiger charge is 2.42. The minimum absolute atomic E-state index is 0.108. The van der Waals surface area contributed by atoms with Crippen molar-refractivity contribution < 1.29 is 14.2 Å². The Labute approximate surface area is 142 Å². The van der Waals surface area contributed by atoms with Crippen LogP contribution in [0.2, 0.25) is 0 Å². The van der Waals surface area contributed by atoms with Gasteiger partial charge < -0.3 is 15.2 Å². The van der Waals surface area contributed by atoms with E-state index >= 15 is 0 Å². The Morgan fingerprint density at radius 3 is 2.87 bits per heavy atom. The second-order valence-corrected chi connectivity index (χ2v) is 7.76. The largest absolute Gasteiger partial charge is 0.396 e. The molecule has 23 heavy (non-hydrogen) atoms. The van der Waals surface area contributed by atoms with E-state index < -0.39 is 0 Å². The maximum atomic E-state index is 14.0. The number of hydrogen-bond acceptors (Lipinski definition) is 4. The summed E-state index contributed by atoms with van der Waals surface area (Å²) in [5, 5.41) is 12.2. The monoisotopic (exact) mass is 339 g/mol. The fraction of sp³-hybridized carbons (Fsp3) is 0.667. The van der Waals surface area contributed by atoms with Crippen LogP contribution in [0.1, 0.15) is 24.8 Å². The first-order chi connectivity index (χ1) is 11.3. The van der Waals surface area contributed by atoms with E-state index in [0.29, 0.717) is 23.8 Å². The van der Waals surface area contributed by atoms with E-state index in [1.165, 1.54) is 37.1 Å². The van der Waals surface area contributed by atoms with E-state index in [0.717, 1.165) is 36.4 Å². The molecule has 0 radical (unpaired) electrons. The molecule has 1 saturated heterocycles. The van der Waals surface area contributed by atoms with Crippen molar-refractivity contribution in [3.63, 3.8) is 0 Å². The van der Waals surface area contributed by atoms with Gasteiger partial charge in [-0.25, -0.2) is 4.39 Å². The first kappa shape index (κ1) is 17.2. The lowest BCUT2D eigenvalue weighted by molar-refractivity contribution is 0.102. The number of thioether (sulfide) groups is 1. The molecule has 2 fully saturated rings. The van der Waals surface area contributed by atoms with E-state index in [4.69, 9.17) is 9.84 Å². The molecule has 2 N–H and O–H groups in total. The minimum atomic E-state index is -0.210. The molecule has 1 heterocycles. The molecule has 0 amide bonds. The van der Waals surface area contributed by atoms with Crippen molar-refractivity contribution in [3.8, 4) is 0 Å². The van der Waals surface area contributed by atoms with Gasteiger partial charge >= 0.3 is 0 Å². The van der Waals surface area contributed by atoms with Crippen LogP contribution < -0.4 is 5.32 Å².